The van der Waals surface area contributed by atoms with Crippen molar-refractivity contribution in [2.45, 2.75) is 19.8 Å². The van der Waals surface area contributed by atoms with Gasteiger partial charge in [0.1, 0.15) is 0 Å². The van der Waals surface area contributed by atoms with Gasteiger partial charge in [0.25, 0.3) is 0 Å². The van der Waals surface area contributed by atoms with Gasteiger partial charge in [0, 0.05) is 5.02 Å². The molecule has 1 rings (SSSR count). The molecule has 0 unspecified atom stereocenters. The van der Waals surface area contributed by atoms with E-state index in [1.165, 1.54) is 5.56 Å². The largest absolute Gasteiger partial charge is 0.237 e. The van der Waals surface area contributed by atoms with Gasteiger partial charge in [0.05, 0.1) is 6.57 Å². The van der Waals surface area contributed by atoms with Crippen LogP contribution in [0.1, 0.15) is 25.3 Å². The molecule has 0 spiro atoms. The third-order valence-electron chi connectivity index (χ3n) is 1.76. The Hall–Kier alpha value is -1.00. The third-order valence-corrected chi connectivity index (χ3v) is 2.06. The molecule has 1 nitrogen and oxygen atoms in total. The van der Waals surface area contributed by atoms with Crippen molar-refractivity contribution in [2.24, 2.45) is 0 Å². The molecule has 0 aromatic heterocycles. The molecule has 0 radical (unpaired) electrons. The smallest absolute Gasteiger partial charge is 0.205 e. The van der Waals surface area contributed by atoms with Crippen molar-refractivity contribution in [2.75, 3.05) is 0 Å². The Morgan fingerprint density at radius 3 is 2.50 bits per heavy atom. The van der Waals surface area contributed by atoms with Gasteiger partial charge in [0.15, 0.2) is 0 Å². The van der Waals surface area contributed by atoms with E-state index < -0.39 is 0 Å². The van der Waals surface area contributed by atoms with Crippen LogP contribution in [0.5, 0.6) is 0 Å². The number of hydrogen-bond acceptors (Lipinski definition) is 0. The van der Waals surface area contributed by atoms with Crippen LogP contribution in [0, 0.1) is 6.57 Å². The lowest BCUT2D eigenvalue weighted by Crippen LogP contribution is -1.85. The van der Waals surface area contributed by atoms with Crippen molar-refractivity contribution in [3.8, 4) is 0 Å². The van der Waals surface area contributed by atoms with Gasteiger partial charge in [-0.1, -0.05) is 43.6 Å². The van der Waals surface area contributed by atoms with Gasteiger partial charge in [-0.3, -0.25) is 0 Å². The molecule has 0 aliphatic rings. The van der Waals surface area contributed by atoms with Crippen molar-refractivity contribution in [3.63, 3.8) is 0 Å². The lowest BCUT2D eigenvalue weighted by molar-refractivity contribution is 0.867. The molecule has 0 bridgehead atoms. The summed E-state index contributed by atoms with van der Waals surface area (Å²) < 4.78 is 0. The average Bonchev–Trinajstić information content (AvgIpc) is 2.04. The highest BCUT2D eigenvalue weighted by atomic mass is 35.5. The molecule has 1 aromatic rings. The second-order valence-electron chi connectivity index (χ2n) is 2.98. The molecule has 0 atom stereocenters. The van der Waals surface area contributed by atoms with Crippen LogP contribution in [0.4, 0.5) is 5.69 Å². The molecule has 0 aliphatic heterocycles. The number of nitrogens with zero attached hydrogens (tertiary/aromatic N) is 1. The predicted octanol–water partition coefficient (Wildman–Crippen LogP) is 4.01. The number of benzene rings is 1. The van der Waals surface area contributed by atoms with Crippen molar-refractivity contribution in [1.82, 2.24) is 0 Å². The molecule has 12 heavy (non-hydrogen) atoms. The molecule has 62 valence electrons. The molecule has 0 saturated heterocycles. The monoisotopic (exact) mass is 179 g/mol. The number of hydrogen-bond donors (Lipinski definition) is 0. The lowest BCUT2D eigenvalue weighted by atomic mass is 10.0. The van der Waals surface area contributed by atoms with Gasteiger partial charge in [0.2, 0.25) is 5.69 Å². The Bertz CT molecular complexity index is 323. The van der Waals surface area contributed by atoms with Crippen LogP contribution in [0.2, 0.25) is 5.02 Å². The Morgan fingerprint density at radius 2 is 2.08 bits per heavy atom. The highest BCUT2D eigenvalue weighted by Crippen LogP contribution is 2.28. The topological polar surface area (TPSA) is 4.36 Å². The fourth-order valence-corrected chi connectivity index (χ4v) is 1.20. The first-order chi connectivity index (χ1) is 5.65. The zero-order chi connectivity index (χ0) is 9.14. The highest BCUT2D eigenvalue weighted by Gasteiger charge is 2.03. The van der Waals surface area contributed by atoms with Crippen molar-refractivity contribution in [1.29, 1.82) is 0 Å². The summed E-state index contributed by atoms with van der Waals surface area (Å²) in [7, 11) is 0. The summed E-state index contributed by atoms with van der Waals surface area (Å²) in [5.74, 6) is 0.460. The van der Waals surface area contributed by atoms with E-state index in [2.05, 4.69) is 18.7 Å². The van der Waals surface area contributed by atoms with Gasteiger partial charge < -0.3 is 0 Å². The van der Waals surface area contributed by atoms with Crippen LogP contribution in [0.3, 0.4) is 0 Å². The molecule has 0 saturated carbocycles. The maximum absolute atomic E-state index is 6.80. The zero-order valence-electron chi connectivity index (χ0n) is 7.13. The summed E-state index contributed by atoms with van der Waals surface area (Å²) in [6.45, 7) is 11.0. The Labute approximate surface area is 77.8 Å². The molecule has 0 amide bonds. The van der Waals surface area contributed by atoms with Crippen molar-refractivity contribution in [3.05, 3.63) is 40.2 Å². The molecule has 2 heteroatoms. The van der Waals surface area contributed by atoms with E-state index in [-0.39, 0.29) is 0 Å². The summed E-state index contributed by atoms with van der Waals surface area (Å²) in [4.78, 5) is 3.29. The minimum absolute atomic E-state index is 0.460. The second-order valence-corrected chi connectivity index (χ2v) is 3.38. The number of halogens is 1. The normalized spacial score (nSPS) is 9.92. The molecule has 0 heterocycles. The zero-order valence-corrected chi connectivity index (χ0v) is 7.89. The van der Waals surface area contributed by atoms with Crippen LogP contribution in [0.25, 0.3) is 4.85 Å². The summed E-state index contributed by atoms with van der Waals surface area (Å²) in [5.41, 5.74) is 1.70. The van der Waals surface area contributed by atoms with E-state index in [4.69, 9.17) is 18.2 Å². The van der Waals surface area contributed by atoms with Gasteiger partial charge >= 0.3 is 0 Å². The van der Waals surface area contributed by atoms with Crippen LogP contribution >= 0.6 is 11.6 Å². The van der Waals surface area contributed by atoms with Crippen LogP contribution in [-0.2, 0) is 0 Å². The summed E-state index contributed by atoms with van der Waals surface area (Å²) in [5, 5.41) is 0.552. The van der Waals surface area contributed by atoms with Gasteiger partial charge in [-0.25, -0.2) is 4.85 Å². The minimum atomic E-state index is 0.460. The quantitative estimate of drug-likeness (QED) is 0.574. The Balaban J connectivity index is 3.12. The first-order valence-corrected chi connectivity index (χ1v) is 4.20. The predicted molar refractivity (Wildman–Crippen MR) is 51.8 cm³/mol. The van der Waals surface area contributed by atoms with E-state index in [1.807, 2.05) is 12.1 Å². The Kier molecular flexibility index (Phi) is 2.73. The molecule has 0 N–H and O–H groups in total. The summed E-state index contributed by atoms with van der Waals surface area (Å²) >= 11 is 5.86. The van der Waals surface area contributed by atoms with Crippen LogP contribution in [-0.4, -0.2) is 0 Å². The van der Waals surface area contributed by atoms with E-state index in [9.17, 15) is 0 Å². The first-order valence-electron chi connectivity index (χ1n) is 3.82. The lowest BCUT2D eigenvalue weighted by Gasteiger charge is -2.05. The van der Waals surface area contributed by atoms with Crippen molar-refractivity contribution < 1.29 is 0 Å². The highest BCUT2D eigenvalue weighted by molar-refractivity contribution is 6.33. The molecule has 1 aromatic carbocycles. The van der Waals surface area contributed by atoms with E-state index >= 15 is 0 Å². The van der Waals surface area contributed by atoms with Gasteiger partial charge in [-0.15, -0.1) is 0 Å². The summed E-state index contributed by atoms with van der Waals surface area (Å²) in [6.07, 6.45) is 0. The SMILES string of the molecule is [C-]#[N+]c1ccc(C(C)C)cc1Cl. The Morgan fingerprint density at radius 1 is 1.42 bits per heavy atom. The van der Waals surface area contributed by atoms with Gasteiger partial charge in [-0.05, 0) is 11.5 Å². The maximum Gasteiger partial charge on any atom is 0.205 e. The fourth-order valence-electron chi connectivity index (χ4n) is 0.973. The van der Waals surface area contributed by atoms with E-state index in [1.54, 1.807) is 6.07 Å². The number of rotatable bonds is 1. The van der Waals surface area contributed by atoms with Crippen molar-refractivity contribution >= 4 is 17.3 Å². The van der Waals surface area contributed by atoms with Crippen LogP contribution < -0.4 is 0 Å². The van der Waals surface area contributed by atoms with E-state index in [0.717, 1.165) is 0 Å². The fraction of sp³-hybridized carbons (Fsp3) is 0.300. The first kappa shape index (κ1) is 9.09. The maximum atomic E-state index is 6.80. The minimum Gasteiger partial charge on any atom is -0.237 e. The molecular weight excluding hydrogens is 170 g/mol. The molecule has 0 fully saturated rings. The van der Waals surface area contributed by atoms with E-state index in [0.29, 0.717) is 16.6 Å². The van der Waals surface area contributed by atoms with Gasteiger partial charge in [-0.2, -0.15) is 0 Å². The standard InChI is InChI=1S/C10H10ClN/c1-7(2)8-4-5-10(12-3)9(11)6-8/h4-7H,1-2H3. The van der Waals surface area contributed by atoms with Crippen LogP contribution in [0.15, 0.2) is 18.2 Å². The second kappa shape index (κ2) is 3.60. The summed E-state index contributed by atoms with van der Waals surface area (Å²) in [6, 6.07) is 5.58. The molecular formula is C10H10ClN. The third kappa shape index (κ3) is 1.78. The average molecular weight is 180 g/mol. The molecule has 0 aliphatic carbocycles.